The lowest BCUT2D eigenvalue weighted by Crippen LogP contribution is -2.45. The Morgan fingerprint density at radius 3 is 2.42 bits per heavy atom. The second-order valence-corrected chi connectivity index (χ2v) is 5.78. The standard InChI is InChI=1S/C14H27N5/c1-7-11-10(12(8-2)19(6)18-11)9-16-13(15)17-14(3,4)5/h7-9H2,1-6H3,(H3,15,16,17). The first kappa shape index (κ1) is 15.5. The number of aliphatic imine (C=N–C) groups is 1. The normalized spacial score (nSPS) is 12.8. The van der Waals surface area contributed by atoms with Crippen molar-refractivity contribution in [3.05, 3.63) is 17.0 Å². The summed E-state index contributed by atoms with van der Waals surface area (Å²) in [7, 11) is 1.99. The maximum Gasteiger partial charge on any atom is 0.189 e. The summed E-state index contributed by atoms with van der Waals surface area (Å²) in [5.41, 5.74) is 9.41. The van der Waals surface area contributed by atoms with Crippen molar-refractivity contribution in [3.8, 4) is 0 Å². The van der Waals surface area contributed by atoms with Gasteiger partial charge >= 0.3 is 0 Å². The second-order valence-electron chi connectivity index (χ2n) is 5.78. The van der Waals surface area contributed by atoms with Crippen molar-refractivity contribution in [3.63, 3.8) is 0 Å². The Labute approximate surface area is 116 Å². The zero-order valence-corrected chi connectivity index (χ0v) is 13.0. The second kappa shape index (κ2) is 6.08. The molecule has 0 aliphatic carbocycles. The van der Waals surface area contributed by atoms with Crippen molar-refractivity contribution in [2.24, 2.45) is 17.8 Å². The number of nitrogens with zero attached hydrogens (tertiary/aromatic N) is 3. The maximum absolute atomic E-state index is 5.91. The predicted molar refractivity (Wildman–Crippen MR) is 80.2 cm³/mol. The molecule has 0 saturated heterocycles. The van der Waals surface area contributed by atoms with Gasteiger partial charge in [-0.2, -0.15) is 5.10 Å². The average Bonchev–Trinajstić information content (AvgIpc) is 2.59. The van der Waals surface area contributed by atoms with E-state index < -0.39 is 0 Å². The minimum atomic E-state index is -0.0658. The van der Waals surface area contributed by atoms with E-state index in [0.29, 0.717) is 12.5 Å². The summed E-state index contributed by atoms with van der Waals surface area (Å²) in [6, 6.07) is 0. The third kappa shape index (κ3) is 4.26. The van der Waals surface area contributed by atoms with Gasteiger partial charge < -0.3 is 11.1 Å². The molecule has 0 aliphatic rings. The van der Waals surface area contributed by atoms with Gasteiger partial charge in [0.1, 0.15) is 0 Å². The van der Waals surface area contributed by atoms with E-state index in [0.717, 1.165) is 18.5 Å². The van der Waals surface area contributed by atoms with E-state index in [-0.39, 0.29) is 5.54 Å². The molecule has 1 aromatic heterocycles. The van der Waals surface area contributed by atoms with Gasteiger partial charge in [0.05, 0.1) is 12.2 Å². The van der Waals surface area contributed by atoms with Crippen LogP contribution in [0, 0.1) is 0 Å². The van der Waals surface area contributed by atoms with E-state index in [9.17, 15) is 0 Å². The zero-order valence-electron chi connectivity index (χ0n) is 13.0. The molecule has 0 spiro atoms. The molecule has 0 aromatic carbocycles. The fourth-order valence-electron chi connectivity index (χ4n) is 2.16. The number of nitrogens with one attached hydrogen (secondary N) is 1. The highest BCUT2D eigenvalue weighted by Crippen LogP contribution is 2.16. The van der Waals surface area contributed by atoms with Crippen molar-refractivity contribution in [2.75, 3.05) is 0 Å². The first-order valence-corrected chi connectivity index (χ1v) is 6.90. The lowest BCUT2D eigenvalue weighted by atomic mass is 10.1. The number of hydrogen-bond donors (Lipinski definition) is 2. The molecular weight excluding hydrogens is 238 g/mol. The van der Waals surface area contributed by atoms with Gasteiger partial charge in [0.25, 0.3) is 0 Å². The number of nitrogens with two attached hydrogens (primary N) is 1. The van der Waals surface area contributed by atoms with Crippen LogP contribution < -0.4 is 11.1 Å². The van der Waals surface area contributed by atoms with Crippen molar-refractivity contribution in [1.82, 2.24) is 15.1 Å². The molecule has 0 atom stereocenters. The average molecular weight is 265 g/mol. The molecule has 0 aliphatic heterocycles. The smallest absolute Gasteiger partial charge is 0.189 e. The molecule has 0 unspecified atom stereocenters. The van der Waals surface area contributed by atoms with Crippen LogP contribution in [0.1, 0.15) is 51.6 Å². The van der Waals surface area contributed by atoms with Gasteiger partial charge in [-0.05, 0) is 33.6 Å². The molecule has 0 radical (unpaired) electrons. The van der Waals surface area contributed by atoms with Gasteiger partial charge in [0.15, 0.2) is 5.96 Å². The molecule has 0 bridgehead atoms. The predicted octanol–water partition coefficient (Wildman–Crippen LogP) is 1.75. The molecule has 19 heavy (non-hydrogen) atoms. The van der Waals surface area contributed by atoms with Gasteiger partial charge in [0.2, 0.25) is 0 Å². The molecule has 108 valence electrons. The first-order valence-electron chi connectivity index (χ1n) is 6.90. The van der Waals surface area contributed by atoms with Crippen LogP contribution in [0.3, 0.4) is 0 Å². The van der Waals surface area contributed by atoms with Crippen molar-refractivity contribution >= 4 is 5.96 Å². The molecule has 1 heterocycles. The van der Waals surface area contributed by atoms with Crippen LogP contribution >= 0.6 is 0 Å². The highest BCUT2D eigenvalue weighted by Gasteiger charge is 2.14. The highest BCUT2D eigenvalue weighted by atomic mass is 15.3. The molecule has 5 heteroatoms. The van der Waals surface area contributed by atoms with Crippen LogP contribution in [0.4, 0.5) is 0 Å². The van der Waals surface area contributed by atoms with Crippen LogP contribution in [-0.4, -0.2) is 21.3 Å². The third-order valence-electron chi connectivity index (χ3n) is 2.94. The lowest BCUT2D eigenvalue weighted by Gasteiger charge is -2.21. The van der Waals surface area contributed by atoms with Crippen LogP contribution in [0.5, 0.6) is 0 Å². The fourth-order valence-corrected chi connectivity index (χ4v) is 2.16. The minimum absolute atomic E-state index is 0.0658. The summed E-state index contributed by atoms with van der Waals surface area (Å²) in [5.74, 6) is 0.487. The van der Waals surface area contributed by atoms with Crippen molar-refractivity contribution in [2.45, 2.75) is 59.5 Å². The number of aromatic nitrogens is 2. The highest BCUT2D eigenvalue weighted by molar-refractivity contribution is 5.78. The fraction of sp³-hybridized carbons (Fsp3) is 0.714. The summed E-state index contributed by atoms with van der Waals surface area (Å²) in [5, 5.41) is 7.71. The lowest BCUT2D eigenvalue weighted by molar-refractivity contribution is 0.508. The Morgan fingerprint density at radius 1 is 1.32 bits per heavy atom. The Bertz CT molecular complexity index is 451. The molecule has 1 rings (SSSR count). The monoisotopic (exact) mass is 265 g/mol. The summed E-state index contributed by atoms with van der Waals surface area (Å²) in [6.45, 7) is 11.0. The molecule has 3 N–H and O–H groups in total. The van der Waals surface area contributed by atoms with E-state index in [1.165, 1.54) is 11.3 Å². The summed E-state index contributed by atoms with van der Waals surface area (Å²) in [6.07, 6.45) is 1.88. The Hall–Kier alpha value is -1.52. The quantitative estimate of drug-likeness (QED) is 0.644. The Balaban J connectivity index is 2.90. The topological polar surface area (TPSA) is 68.2 Å². The van der Waals surface area contributed by atoms with Crippen LogP contribution in [0.15, 0.2) is 4.99 Å². The molecule has 5 nitrogen and oxygen atoms in total. The van der Waals surface area contributed by atoms with E-state index in [4.69, 9.17) is 5.73 Å². The van der Waals surface area contributed by atoms with E-state index >= 15 is 0 Å². The van der Waals surface area contributed by atoms with Crippen molar-refractivity contribution in [1.29, 1.82) is 0 Å². The number of hydrogen-bond acceptors (Lipinski definition) is 2. The largest absolute Gasteiger partial charge is 0.370 e. The van der Waals surface area contributed by atoms with E-state index in [1.54, 1.807) is 0 Å². The first-order chi connectivity index (χ1) is 8.78. The van der Waals surface area contributed by atoms with Gasteiger partial charge in [-0.3, -0.25) is 4.68 Å². The van der Waals surface area contributed by atoms with Gasteiger partial charge in [-0.25, -0.2) is 4.99 Å². The summed E-state index contributed by atoms with van der Waals surface area (Å²) >= 11 is 0. The molecular formula is C14H27N5. The zero-order chi connectivity index (χ0) is 14.6. The van der Waals surface area contributed by atoms with Crippen LogP contribution in [-0.2, 0) is 26.4 Å². The molecule has 0 saturated carbocycles. The summed E-state index contributed by atoms with van der Waals surface area (Å²) in [4.78, 5) is 4.44. The Kier molecular flexibility index (Phi) is 4.97. The van der Waals surface area contributed by atoms with Crippen LogP contribution in [0.2, 0.25) is 0 Å². The van der Waals surface area contributed by atoms with Gasteiger partial charge in [-0.1, -0.05) is 13.8 Å². The number of guanidine groups is 1. The van der Waals surface area contributed by atoms with Gasteiger partial charge in [0, 0.05) is 23.8 Å². The number of aryl methyl sites for hydroxylation is 2. The molecule has 0 amide bonds. The summed E-state index contributed by atoms with van der Waals surface area (Å²) < 4.78 is 1.96. The van der Waals surface area contributed by atoms with E-state index in [2.05, 4.69) is 50.0 Å². The van der Waals surface area contributed by atoms with E-state index in [1.807, 2.05) is 11.7 Å². The maximum atomic E-state index is 5.91. The van der Waals surface area contributed by atoms with Crippen molar-refractivity contribution < 1.29 is 0 Å². The Morgan fingerprint density at radius 2 is 1.95 bits per heavy atom. The minimum Gasteiger partial charge on any atom is -0.370 e. The van der Waals surface area contributed by atoms with Gasteiger partial charge in [-0.15, -0.1) is 0 Å². The molecule has 1 aromatic rings. The number of rotatable bonds is 4. The van der Waals surface area contributed by atoms with Crippen LogP contribution in [0.25, 0.3) is 0 Å². The third-order valence-corrected chi connectivity index (χ3v) is 2.94. The SMILES string of the molecule is CCc1nn(C)c(CC)c1CN=C(N)NC(C)(C)C. The molecule has 0 fully saturated rings.